The molecule has 1 heterocycles. The lowest BCUT2D eigenvalue weighted by atomic mass is 10.1. The van der Waals surface area contributed by atoms with Gasteiger partial charge in [0.1, 0.15) is 12.7 Å². The molecule has 2 atom stereocenters. The van der Waals surface area contributed by atoms with Crippen LogP contribution in [0.3, 0.4) is 0 Å². The molecule has 1 aliphatic heterocycles. The van der Waals surface area contributed by atoms with Crippen molar-refractivity contribution in [3.05, 3.63) is 0 Å². The van der Waals surface area contributed by atoms with E-state index >= 15 is 0 Å². The number of rotatable bonds is 8. The Balaban J connectivity index is 2.40. The van der Waals surface area contributed by atoms with Gasteiger partial charge in [0, 0.05) is 13.0 Å². The van der Waals surface area contributed by atoms with Crippen molar-refractivity contribution in [2.24, 2.45) is 0 Å². The molecule has 1 saturated heterocycles. The average molecular weight is 274 g/mol. The third kappa shape index (κ3) is 4.26. The van der Waals surface area contributed by atoms with Gasteiger partial charge >= 0.3 is 5.97 Å². The minimum Gasteiger partial charge on any atom is -0.467 e. The molecule has 0 aromatic rings. The van der Waals surface area contributed by atoms with E-state index in [1.165, 1.54) is 7.11 Å². The smallest absolute Gasteiger partial charge is 0.331 e. The fraction of sp³-hybridized carbons (Fsp3) is 0.846. The highest BCUT2D eigenvalue weighted by Gasteiger charge is 2.44. The number of methoxy groups -OCH3 is 1. The lowest BCUT2D eigenvalue weighted by Gasteiger charge is -2.24. The Labute approximate surface area is 113 Å². The highest BCUT2D eigenvalue weighted by atomic mass is 16.8. The van der Waals surface area contributed by atoms with E-state index in [0.29, 0.717) is 25.9 Å². The van der Waals surface area contributed by atoms with E-state index < -0.39 is 17.9 Å². The van der Waals surface area contributed by atoms with Gasteiger partial charge in [-0.3, -0.25) is 0 Å². The van der Waals surface area contributed by atoms with E-state index in [1.54, 1.807) is 0 Å². The zero-order valence-corrected chi connectivity index (χ0v) is 11.7. The lowest BCUT2D eigenvalue weighted by molar-refractivity contribution is -0.180. The molecule has 1 fully saturated rings. The van der Waals surface area contributed by atoms with Crippen LogP contribution in [0, 0.1) is 0 Å². The number of carbonyl (C=O) groups excluding carboxylic acids is 2. The first-order valence-corrected chi connectivity index (χ1v) is 6.56. The summed E-state index contributed by atoms with van der Waals surface area (Å²) < 4.78 is 21.1. The van der Waals surface area contributed by atoms with Crippen LogP contribution in [0.5, 0.6) is 0 Å². The SMILES string of the molecule is CCC1(CC)O[C@@H](CCOCC(=O)OC)[C@@H](C=O)O1. The maximum Gasteiger partial charge on any atom is 0.331 e. The quantitative estimate of drug-likeness (QED) is 0.374. The molecule has 0 saturated carbocycles. The van der Waals surface area contributed by atoms with Crippen molar-refractivity contribution in [2.45, 2.75) is 51.1 Å². The van der Waals surface area contributed by atoms with Crippen molar-refractivity contribution in [2.75, 3.05) is 20.3 Å². The van der Waals surface area contributed by atoms with Gasteiger partial charge in [0.2, 0.25) is 0 Å². The number of carbonyl (C=O) groups is 2. The first-order valence-electron chi connectivity index (χ1n) is 6.56. The molecule has 110 valence electrons. The summed E-state index contributed by atoms with van der Waals surface area (Å²) in [6, 6.07) is 0. The summed E-state index contributed by atoms with van der Waals surface area (Å²) in [6.07, 6.45) is 1.75. The number of esters is 1. The van der Waals surface area contributed by atoms with Crippen LogP contribution in [0.4, 0.5) is 0 Å². The fourth-order valence-electron chi connectivity index (χ4n) is 2.03. The Morgan fingerprint density at radius 3 is 2.53 bits per heavy atom. The second-order valence-corrected chi connectivity index (χ2v) is 4.41. The van der Waals surface area contributed by atoms with Crippen LogP contribution in [-0.4, -0.2) is 50.6 Å². The molecule has 1 aliphatic rings. The summed E-state index contributed by atoms with van der Waals surface area (Å²) in [5.74, 6) is -1.09. The van der Waals surface area contributed by atoms with Gasteiger partial charge in [0.15, 0.2) is 12.1 Å². The number of hydrogen-bond acceptors (Lipinski definition) is 6. The van der Waals surface area contributed by atoms with Crippen LogP contribution in [0.25, 0.3) is 0 Å². The van der Waals surface area contributed by atoms with Crippen LogP contribution < -0.4 is 0 Å². The standard InChI is InChI=1S/C13H22O6/c1-4-13(5-2)18-10(11(8-14)19-13)6-7-17-9-12(15)16-3/h8,10-11H,4-7,9H2,1-3H3/t10-,11+/m0/s1. The Hall–Kier alpha value is -0.980. The summed E-state index contributed by atoms with van der Waals surface area (Å²) in [7, 11) is 1.30. The van der Waals surface area contributed by atoms with Crippen LogP contribution in [-0.2, 0) is 28.5 Å². The molecule has 0 bridgehead atoms. The van der Waals surface area contributed by atoms with Crippen molar-refractivity contribution in [3.8, 4) is 0 Å². The first kappa shape index (κ1) is 16.1. The van der Waals surface area contributed by atoms with Gasteiger partial charge in [-0.15, -0.1) is 0 Å². The van der Waals surface area contributed by atoms with Gasteiger partial charge < -0.3 is 23.7 Å². The van der Waals surface area contributed by atoms with E-state index in [1.807, 2.05) is 13.8 Å². The molecule has 6 nitrogen and oxygen atoms in total. The molecule has 0 unspecified atom stereocenters. The molecule has 0 N–H and O–H groups in total. The molecular formula is C13H22O6. The maximum atomic E-state index is 11.0. The van der Waals surface area contributed by atoms with Gasteiger partial charge in [-0.05, 0) is 12.8 Å². The molecule has 1 rings (SSSR count). The molecule has 0 spiro atoms. The van der Waals surface area contributed by atoms with Crippen LogP contribution in [0.1, 0.15) is 33.1 Å². The molecule has 19 heavy (non-hydrogen) atoms. The van der Waals surface area contributed by atoms with E-state index in [2.05, 4.69) is 4.74 Å². The summed E-state index contributed by atoms with van der Waals surface area (Å²) in [6.45, 7) is 4.14. The number of ether oxygens (including phenoxy) is 4. The third-order valence-corrected chi connectivity index (χ3v) is 3.29. The van der Waals surface area contributed by atoms with Crippen molar-refractivity contribution in [3.63, 3.8) is 0 Å². The van der Waals surface area contributed by atoms with Gasteiger partial charge in [-0.1, -0.05) is 13.8 Å². The summed E-state index contributed by atoms with van der Waals surface area (Å²) in [5, 5.41) is 0. The zero-order chi connectivity index (χ0) is 14.3. The van der Waals surface area contributed by atoms with E-state index in [9.17, 15) is 9.59 Å². The third-order valence-electron chi connectivity index (χ3n) is 3.29. The summed E-state index contributed by atoms with van der Waals surface area (Å²) in [4.78, 5) is 21.9. The van der Waals surface area contributed by atoms with Crippen LogP contribution in [0.15, 0.2) is 0 Å². The van der Waals surface area contributed by atoms with Gasteiger partial charge in [0.25, 0.3) is 0 Å². The topological polar surface area (TPSA) is 71.1 Å². The van der Waals surface area contributed by atoms with E-state index in [0.717, 1.165) is 6.29 Å². The predicted molar refractivity (Wildman–Crippen MR) is 66.6 cm³/mol. The van der Waals surface area contributed by atoms with Crippen LogP contribution in [0.2, 0.25) is 0 Å². The maximum absolute atomic E-state index is 11.0. The second-order valence-electron chi connectivity index (χ2n) is 4.41. The first-order chi connectivity index (χ1) is 9.10. The van der Waals surface area contributed by atoms with Crippen LogP contribution >= 0.6 is 0 Å². The molecule has 0 radical (unpaired) electrons. The predicted octanol–water partition coefficient (Wildman–Crippen LogP) is 1.07. The summed E-state index contributed by atoms with van der Waals surface area (Å²) in [5.41, 5.74) is 0. The minimum atomic E-state index is -0.668. The Bertz CT molecular complexity index is 300. The Kier molecular flexibility index (Phi) is 6.41. The lowest BCUT2D eigenvalue weighted by Crippen LogP contribution is -2.29. The Morgan fingerprint density at radius 1 is 1.32 bits per heavy atom. The molecule has 0 amide bonds. The second kappa shape index (κ2) is 7.57. The van der Waals surface area contributed by atoms with Gasteiger partial charge in [-0.25, -0.2) is 4.79 Å². The van der Waals surface area contributed by atoms with Crippen molar-refractivity contribution in [1.82, 2.24) is 0 Å². The fourth-order valence-corrected chi connectivity index (χ4v) is 2.03. The molecule has 0 aromatic heterocycles. The largest absolute Gasteiger partial charge is 0.467 e. The molecule has 6 heteroatoms. The van der Waals surface area contributed by atoms with Gasteiger partial charge in [-0.2, -0.15) is 0 Å². The summed E-state index contributed by atoms with van der Waals surface area (Å²) >= 11 is 0. The highest BCUT2D eigenvalue weighted by molar-refractivity contribution is 5.70. The highest BCUT2D eigenvalue weighted by Crippen LogP contribution is 2.34. The van der Waals surface area contributed by atoms with Crippen molar-refractivity contribution >= 4 is 12.3 Å². The minimum absolute atomic E-state index is 0.0947. The van der Waals surface area contributed by atoms with E-state index in [4.69, 9.17) is 14.2 Å². The number of hydrogen-bond donors (Lipinski definition) is 0. The van der Waals surface area contributed by atoms with Gasteiger partial charge in [0.05, 0.1) is 13.2 Å². The van der Waals surface area contributed by atoms with Crippen molar-refractivity contribution < 1.29 is 28.5 Å². The zero-order valence-electron chi connectivity index (χ0n) is 11.7. The average Bonchev–Trinajstić information content (AvgIpc) is 2.82. The molecular weight excluding hydrogens is 252 g/mol. The molecule has 0 aliphatic carbocycles. The number of aldehydes is 1. The Morgan fingerprint density at radius 2 is 2.00 bits per heavy atom. The normalized spacial score (nSPS) is 25.2. The van der Waals surface area contributed by atoms with E-state index in [-0.39, 0.29) is 12.7 Å². The monoisotopic (exact) mass is 274 g/mol. The van der Waals surface area contributed by atoms with Crippen molar-refractivity contribution in [1.29, 1.82) is 0 Å². The molecule has 0 aromatic carbocycles.